The van der Waals surface area contributed by atoms with Gasteiger partial charge in [0.15, 0.2) is 5.13 Å². The van der Waals surface area contributed by atoms with E-state index in [2.05, 4.69) is 16.8 Å². The van der Waals surface area contributed by atoms with Gasteiger partial charge in [0.2, 0.25) is 5.91 Å². The predicted octanol–water partition coefficient (Wildman–Crippen LogP) is 0.822. The molecule has 6 heteroatoms. The zero-order chi connectivity index (χ0) is 13.0. The van der Waals surface area contributed by atoms with Crippen LogP contribution in [-0.4, -0.2) is 53.4 Å². The van der Waals surface area contributed by atoms with Crippen molar-refractivity contribution in [3.63, 3.8) is 0 Å². The van der Waals surface area contributed by atoms with Crippen LogP contribution >= 0.6 is 11.3 Å². The molecule has 1 amide bonds. The van der Waals surface area contributed by atoms with E-state index in [0.717, 1.165) is 38.4 Å². The SMILES string of the molecule is CCCN1CCN(C(=O)Cc2csc(N)n2)CC1. The van der Waals surface area contributed by atoms with Gasteiger partial charge < -0.3 is 10.6 Å². The van der Waals surface area contributed by atoms with Gasteiger partial charge in [0, 0.05) is 31.6 Å². The molecule has 1 aromatic rings. The van der Waals surface area contributed by atoms with Crippen molar-refractivity contribution in [1.29, 1.82) is 0 Å². The zero-order valence-electron chi connectivity index (χ0n) is 10.8. The van der Waals surface area contributed by atoms with Crippen molar-refractivity contribution >= 4 is 22.4 Å². The first kappa shape index (κ1) is 13.3. The van der Waals surface area contributed by atoms with Crippen molar-refractivity contribution in [2.24, 2.45) is 0 Å². The Bertz CT molecular complexity index is 399. The molecule has 0 atom stereocenters. The van der Waals surface area contributed by atoms with Gasteiger partial charge in [-0.1, -0.05) is 6.92 Å². The number of hydrogen-bond donors (Lipinski definition) is 1. The van der Waals surface area contributed by atoms with Crippen LogP contribution in [0.2, 0.25) is 0 Å². The first-order chi connectivity index (χ1) is 8.69. The maximum absolute atomic E-state index is 12.1. The van der Waals surface area contributed by atoms with E-state index in [9.17, 15) is 4.79 Å². The number of carbonyl (C=O) groups is 1. The van der Waals surface area contributed by atoms with Gasteiger partial charge >= 0.3 is 0 Å². The van der Waals surface area contributed by atoms with Gasteiger partial charge in [0.25, 0.3) is 0 Å². The van der Waals surface area contributed by atoms with Gasteiger partial charge in [0.05, 0.1) is 12.1 Å². The molecule has 1 fully saturated rings. The van der Waals surface area contributed by atoms with Gasteiger partial charge in [-0.2, -0.15) is 0 Å². The molecule has 1 aliphatic rings. The molecule has 0 aromatic carbocycles. The Morgan fingerprint density at radius 2 is 2.17 bits per heavy atom. The minimum atomic E-state index is 0.163. The molecule has 2 heterocycles. The molecule has 2 N–H and O–H groups in total. The number of piperazine rings is 1. The minimum Gasteiger partial charge on any atom is -0.375 e. The largest absolute Gasteiger partial charge is 0.375 e. The number of hydrogen-bond acceptors (Lipinski definition) is 5. The topological polar surface area (TPSA) is 62.5 Å². The third-order valence-corrected chi connectivity index (χ3v) is 3.89. The normalized spacial score (nSPS) is 17.1. The van der Waals surface area contributed by atoms with Crippen LogP contribution in [-0.2, 0) is 11.2 Å². The van der Waals surface area contributed by atoms with Crippen LogP contribution in [0.15, 0.2) is 5.38 Å². The Morgan fingerprint density at radius 3 is 2.72 bits per heavy atom. The quantitative estimate of drug-likeness (QED) is 0.878. The molecule has 2 rings (SSSR count). The average Bonchev–Trinajstić information content (AvgIpc) is 2.76. The summed E-state index contributed by atoms with van der Waals surface area (Å²) in [5, 5.41) is 2.39. The van der Waals surface area contributed by atoms with E-state index >= 15 is 0 Å². The summed E-state index contributed by atoms with van der Waals surface area (Å²) in [6.45, 7) is 6.95. The molecular formula is C12H20N4OS. The number of nitrogens with two attached hydrogens (primary N) is 1. The van der Waals surface area contributed by atoms with Crippen molar-refractivity contribution in [2.75, 3.05) is 38.5 Å². The number of nitrogens with zero attached hydrogens (tertiary/aromatic N) is 3. The number of amides is 1. The molecule has 0 spiro atoms. The predicted molar refractivity (Wildman–Crippen MR) is 73.5 cm³/mol. The van der Waals surface area contributed by atoms with Crippen molar-refractivity contribution < 1.29 is 4.79 Å². The molecule has 0 unspecified atom stereocenters. The number of anilines is 1. The molecule has 1 saturated heterocycles. The van der Waals surface area contributed by atoms with Crippen LogP contribution in [0, 0.1) is 0 Å². The van der Waals surface area contributed by atoms with Gasteiger partial charge in [-0.15, -0.1) is 11.3 Å². The first-order valence-electron chi connectivity index (χ1n) is 6.39. The second-order valence-corrected chi connectivity index (χ2v) is 5.47. The van der Waals surface area contributed by atoms with E-state index in [1.165, 1.54) is 17.8 Å². The Hall–Kier alpha value is -1.14. The molecule has 1 aromatic heterocycles. The second kappa shape index (κ2) is 6.15. The number of thiazole rings is 1. The van der Waals surface area contributed by atoms with E-state index in [1.54, 1.807) is 0 Å². The van der Waals surface area contributed by atoms with Gasteiger partial charge in [-0.25, -0.2) is 4.98 Å². The Morgan fingerprint density at radius 1 is 1.44 bits per heavy atom. The lowest BCUT2D eigenvalue weighted by atomic mass is 10.2. The Balaban J connectivity index is 1.80. The maximum Gasteiger partial charge on any atom is 0.228 e. The zero-order valence-corrected chi connectivity index (χ0v) is 11.6. The van der Waals surface area contributed by atoms with Crippen molar-refractivity contribution in [2.45, 2.75) is 19.8 Å². The monoisotopic (exact) mass is 268 g/mol. The fraction of sp³-hybridized carbons (Fsp3) is 0.667. The summed E-state index contributed by atoms with van der Waals surface area (Å²) in [6.07, 6.45) is 1.55. The molecule has 5 nitrogen and oxygen atoms in total. The van der Waals surface area contributed by atoms with Crippen molar-refractivity contribution in [3.8, 4) is 0 Å². The summed E-state index contributed by atoms with van der Waals surface area (Å²) < 4.78 is 0. The number of nitrogen functional groups attached to an aromatic ring is 1. The van der Waals surface area contributed by atoms with Crippen molar-refractivity contribution in [3.05, 3.63) is 11.1 Å². The molecule has 0 bridgehead atoms. The summed E-state index contributed by atoms with van der Waals surface area (Å²) in [5.41, 5.74) is 6.35. The van der Waals surface area contributed by atoms with Crippen LogP contribution in [0.5, 0.6) is 0 Å². The van der Waals surface area contributed by atoms with Crippen LogP contribution < -0.4 is 5.73 Å². The van der Waals surface area contributed by atoms with Gasteiger partial charge in [0.1, 0.15) is 0 Å². The number of rotatable bonds is 4. The standard InChI is InChI=1S/C12H20N4OS/c1-2-3-15-4-6-16(7-5-15)11(17)8-10-9-18-12(13)14-10/h9H,2-8H2,1H3,(H2,13,14). The first-order valence-corrected chi connectivity index (χ1v) is 7.27. The van der Waals surface area contributed by atoms with Crippen LogP contribution in [0.3, 0.4) is 0 Å². The highest BCUT2D eigenvalue weighted by molar-refractivity contribution is 7.13. The van der Waals surface area contributed by atoms with E-state index in [-0.39, 0.29) is 5.91 Å². The average molecular weight is 268 g/mol. The highest BCUT2D eigenvalue weighted by Gasteiger charge is 2.21. The molecule has 1 aliphatic heterocycles. The van der Waals surface area contributed by atoms with Crippen LogP contribution in [0.25, 0.3) is 0 Å². The Kier molecular flexibility index (Phi) is 4.54. The van der Waals surface area contributed by atoms with E-state index in [4.69, 9.17) is 5.73 Å². The molecule has 0 aliphatic carbocycles. The molecule has 100 valence electrons. The smallest absolute Gasteiger partial charge is 0.228 e. The van der Waals surface area contributed by atoms with Gasteiger partial charge in [-0.3, -0.25) is 9.69 Å². The second-order valence-electron chi connectivity index (χ2n) is 4.58. The lowest BCUT2D eigenvalue weighted by Gasteiger charge is -2.34. The highest BCUT2D eigenvalue weighted by atomic mass is 32.1. The van der Waals surface area contributed by atoms with Crippen LogP contribution in [0.1, 0.15) is 19.0 Å². The fourth-order valence-corrected chi connectivity index (χ4v) is 2.77. The summed E-state index contributed by atoms with van der Waals surface area (Å²) in [5.74, 6) is 0.163. The van der Waals surface area contributed by atoms with E-state index < -0.39 is 0 Å². The Labute approximate surface area is 112 Å². The molecule has 0 radical (unpaired) electrons. The number of carbonyl (C=O) groups excluding carboxylic acids is 1. The molecule has 18 heavy (non-hydrogen) atoms. The van der Waals surface area contributed by atoms with Crippen LogP contribution in [0.4, 0.5) is 5.13 Å². The maximum atomic E-state index is 12.1. The summed E-state index contributed by atoms with van der Waals surface area (Å²) in [7, 11) is 0. The van der Waals surface area contributed by atoms with Gasteiger partial charge in [-0.05, 0) is 13.0 Å². The third kappa shape index (κ3) is 3.43. The minimum absolute atomic E-state index is 0.163. The highest BCUT2D eigenvalue weighted by Crippen LogP contribution is 2.13. The molecular weight excluding hydrogens is 248 g/mol. The van der Waals surface area contributed by atoms with E-state index in [0.29, 0.717) is 11.6 Å². The summed E-state index contributed by atoms with van der Waals surface area (Å²) >= 11 is 1.39. The summed E-state index contributed by atoms with van der Waals surface area (Å²) in [4.78, 5) is 20.5. The summed E-state index contributed by atoms with van der Waals surface area (Å²) in [6, 6.07) is 0. The lowest BCUT2D eigenvalue weighted by Crippen LogP contribution is -2.49. The molecule has 0 saturated carbocycles. The lowest BCUT2D eigenvalue weighted by molar-refractivity contribution is -0.132. The third-order valence-electron chi connectivity index (χ3n) is 3.17. The number of aromatic nitrogens is 1. The van der Waals surface area contributed by atoms with E-state index in [1.807, 2.05) is 10.3 Å². The fourth-order valence-electron chi connectivity index (χ4n) is 2.21. The van der Waals surface area contributed by atoms with Crippen molar-refractivity contribution in [1.82, 2.24) is 14.8 Å².